The first kappa shape index (κ1) is 14.9. The number of methoxy groups -OCH3 is 1. The third-order valence-electron chi connectivity index (χ3n) is 3.55. The lowest BCUT2D eigenvalue weighted by atomic mass is 10.1. The summed E-state index contributed by atoms with van der Waals surface area (Å²) in [4.78, 5) is 12.3. The summed E-state index contributed by atoms with van der Waals surface area (Å²) in [5.41, 5.74) is 9.69. The molecule has 1 amide bonds. The van der Waals surface area contributed by atoms with E-state index in [-0.39, 0.29) is 5.91 Å². The number of carbonyl (C=O) groups is 1. The number of benzene rings is 1. The predicted octanol–water partition coefficient (Wildman–Crippen LogP) is 1.56. The lowest BCUT2D eigenvalue weighted by Gasteiger charge is -2.10. The van der Waals surface area contributed by atoms with Crippen LogP contribution in [-0.4, -0.2) is 22.8 Å². The largest absolute Gasteiger partial charge is 0.496 e. The molecule has 0 aliphatic rings. The van der Waals surface area contributed by atoms with Crippen molar-refractivity contribution in [3.63, 3.8) is 0 Å². The van der Waals surface area contributed by atoms with Crippen molar-refractivity contribution in [1.29, 1.82) is 0 Å². The molecule has 1 aromatic carbocycles. The number of nitrogens with two attached hydrogens (primary N) is 1. The molecule has 0 unspecified atom stereocenters. The second-order valence-electron chi connectivity index (χ2n) is 4.92. The first-order valence-electron chi connectivity index (χ1n) is 6.64. The second kappa shape index (κ2) is 5.87. The van der Waals surface area contributed by atoms with Gasteiger partial charge in [0.1, 0.15) is 5.75 Å². The second-order valence-corrected chi connectivity index (χ2v) is 4.92. The highest BCUT2D eigenvalue weighted by Gasteiger charge is 2.14. The van der Waals surface area contributed by atoms with Gasteiger partial charge in [0.05, 0.1) is 18.4 Å². The molecule has 1 aromatic heterocycles. The molecule has 2 aromatic rings. The van der Waals surface area contributed by atoms with Crippen LogP contribution in [-0.2, 0) is 13.6 Å². The van der Waals surface area contributed by atoms with Crippen molar-refractivity contribution in [3.8, 4) is 5.75 Å². The number of carbonyl (C=O) groups excluding carboxylic acids is 1. The Kier molecular flexibility index (Phi) is 4.16. The fourth-order valence-corrected chi connectivity index (χ4v) is 2.23. The van der Waals surface area contributed by atoms with Crippen molar-refractivity contribution in [2.75, 3.05) is 12.8 Å². The first-order valence-corrected chi connectivity index (χ1v) is 6.64. The van der Waals surface area contributed by atoms with E-state index in [1.54, 1.807) is 22.9 Å². The third kappa shape index (κ3) is 2.99. The van der Waals surface area contributed by atoms with Gasteiger partial charge in [0, 0.05) is 36.6 Å². The van der Waals surface area contributed by atoms with E-state index in [0.29, 0.717) is 23.5 Å². The summed E-state index contributed by atoms with van der Waals surface area (Å²) in [6, 6.07) is 4.97. The summed E-state index contributed by atoms with van der Waals surface area (Å²) in [6.07, 6.45) is 0. The monoisotopic (exact) mass is 288 g/mol. The maximum absolute atomic E-state index is 12.3. The predicted molar refractivity (Wildman–Crippen MR) is 81.3 cm³/mol. The van der Waals surface area contributed by atoms with Crippen molar-refractivity contribution in [2.45, 2.75) is 20.4 Å². The molecule has 6 heteroatoms. The highest BCUT2D eigenvalue weighted by Crippen LogP contribution is 2.21. The normalized spacial score (nSPS) is 10.5. The number of hydrogen-bond donors (Lipinski definition) is 2. The molecule has 2 rings (SSSR count). The molecule has 0 saturated heterocycles. The van der Waals surface area contributed by atoms with Gasteiger partial charge in [0.15, 0.2) is 0 Å². The maximum atomic E-state index is 12.3. The van der Waals surface area contributed by atoms with Crippen LogP contribution in [0.15, 0.2) is 18.2 Å². The summed E-state index contributed by atoms with van der Waals surface area (Å²) >= 11 is 0. The van der Waals surface area contributed by atoms with E-state index in [1.807, 2.05) is 20.9 Å². The fraction of sp³-hybridized carbons (Fsp3) is 0.333. The highest BCUT2D eigenvalue weighted by molar-refractivity contribution is 5.97. The van der Waals surface area contributed by atoms with Gasteiger partial charge in [0.25, 0.3) is 5.91 Å². The molecule has 21 heavy (non-hydrogen) atoms. The number of nitrogens with zero attached hydrogens (tertiary/aromatic N) is 2. The van der Waals surface area contributed by atoms with Gasteiger partial charge in [-0.25, -0.2) is 0 Å². The topological polar surface area (TPSA) is 82.2 Å². The summed E-state index contributed by atoms with van der Waals surface area (Å²) in [5, 5.41) is 7.22. The number of anilines is 1. The van der Waals surface area contributed by atoms with Crippen molar-refractivity contribution >= 4 is 11.6 Å². The Hall–Kier alpha value is -2.50. The van der Waals surface area contributed by atoms with Crippen molar-refractivity contribution < 1.29 is 9.53 Å². The number of nitrogens with one attached hydrogen (secondary N) is 1. The van der Waals surface area contributed by atoms with Gasteiger partial charge in [0.2, 0.25) is 0 Å². The molecular weight excluding hydrogens is 268 g/mol. The zero-order valence-corrected chi connectivity index (χ0v) is 12.7. The Morgan fingerprint density at radius 2 is 2.14 bits per heavy atom. The Morgan fingerprint density at radius 1 is 1.43 bits per heavy atom. The van der Waals surface area contributed by atoms with Gasteiger partial charge < -0.3 is 15.8 Å². The van der Waals surface area contributed by atoms with Crippen LogP contribution >= 0.6 is 0 Å². The number of amides is 1. The molecule has 112 valence electrons. The Bertz CT molecular complexity index is 677. The molecule has 0 fully saturated rings. The Labute approximate surface area is 123 Å². The highest BCUT2D eigenvalue weighted by atomic mass is 16.5. The molecule has 0 radical (unpaired) electrons. The zero-order valence-electron chi connectivity index (χ0n) is 12.7. The van der Waals surface area contributed by atoms with E-state index in [2.05, 4.69) is 10.4 Å². The molecule has 6 nitrogen and oxygen atoms in total. The average Bonchev–Trinajstić information content (AvgIpc) is 2.69. The number of aryl methyl sites for hydroxylation is 2. The van der Waals surface area contributed by atoms with Crippen LogP contribution in [0, 0.1) is 13.8 Å². The van der Waals surface area contributed by atoms with E-state index in [0.717, 1.165) is 17.0 Å². The van der Waals surface area contributed by atoms with Crippen LogP contribution in [0.25, 0.3) is 0 Å². The van der Waals surface area contributed by atoms with E-state index < -0.39 is 0 Å². The SMILES string of the molecule is COc1cc(N)ccc1C(=O)NCc1c(C)nn(C)c1C. The van der Waals surface area contributed by atoms with Crippen LogP contribution in [0.4, 0.5) is 5.69 Å². The molecule has 0 bridgehead atoms. The maximum Gasteiger partial charge on any atom is 0.255 e. The van der Waals surface area contributed by atoms with Gasteiger partial charge >= 0.3 is 0 Å². The average molecular weight is 288 g/mol. The van der Waals surface area contributed by atoms with Gasteiger partial charge in [-0.2, -0.15) is 5.10 Å². The minimum absolute atomic E-state index is 0.200. The van der Waals surface area contributed by atoms with E-state index >= 15 is 0 Å². The van der Waals surface area contributed by atoms with Crippen LogP contribution in [0.5, 0.6) is 5.75 Å². The minimum atomic E-state index is -0.200. The molecule has 0 spiro atoms. The summed E-state index contributed by atoms with van der Waals surface area (Å²) in [7, 11) is 3.40. The van der Waals surface area contributed by atoms with Crippen LogP contribution in [0.3, 0.4) is 0 Å². The van der Waals surface area contributed by atoms with Gasteiger partial charge in [-0.3, -0.25) is 9.48 Å². The molecule has 0 atom stereocenters. The molecule has 1 heterocycles. The minimum Gasteiger partial charge on any atom is -0.496 e. The van der Waals surface area contributed by atoms with E-state index in [9.17, 15) is 4.79 Å². The van der Waals surface area contributed by atoms with Crippen LogP contribution in [0.2, 0.25) is 0 Å². The lowest BCUT2D eigenvalue weighted by molar-refractivity contribution is 0.0948. The van der Waals surface area contributed by atoms with Crippen molar-refractivity contribution in [1.82, 2.24) is 15.1 Å². The van der Waals surface area contributed by atoms with E-state index in [1.165, 1.54) is 7.11 Å². The molecule has 0 aliphatic heterocycles. The number of rotatable bonds is 4. The van der Waals surface area contributed by atoms with Gasteiger partial charge in [-0.05, 0) is 26.0 Å². The van der Waals surface area contributed by atoms with Gasteiger partial charge in [-0.15, -0.1) is 0 Å². The van der Waals surface area contributed by atoms with Crippen LogP contribution in [0.1, 0.15) is 27.3 Å². The fourth-order valence-electron chi connectivity index (χ4n) is 2.23. The van der Waals surface area contributed by atoms with Crippen molar-refractivity contribution in [2.24, 2.45) is 7.05 Å². The first-order chi connectivity index (χ1) is 9.93. The molecular formula is C15H20N4O2. The smallest absolute Gasteiger partial charge is 0.255 e. The standard InChI is InChI=1S/C15H20N4O2/c1-9-13(10(2)19(3)18-9)8-17-15(20)12-6-5-11(16)7-14(12)21-4/h5-7H,8,16H2,1-4H3,(H,17,20). The van der Waals surface area contributed by atoms with Crippen LogP contribution < -0.4 is 15.8 Å². The zero-order chi connectivity index (χ0) is 15.6. The van der Waals surface area contributed by atoms with E-state index in [4.69, 9.17) is 10.5 Å². The number of nitrogen functional groups attached to an aromatic ring is 1. The molecule has 3 N–H and O–H groups in total. The summed E-state index contributed by atoms with van der Waals surface area (Å²) < 4.78 is 7.00. The lowest BCUT2D eigenvalue weighted by Crippen LogP contribution is -2.24. The van der Waals surface area contributed by atoms with Gasteiger partial charge in [-0.1, -0.05) is 0 Å². The summed E-state index contributed by atoms with van der Waals surface area (Å²) in [5.74, 6) is 0.265. The summed E-state index contributed by atoms with van der Waals surface area (Å²) in [6.45, 7) is 4.33. The quantitative estimate of drug-likeness (QED) is 0.836. The molecule has 0 saturated carbocycles. The number of aromatic nitrogens is 2. The van der Waals surface area contributed by atoms with Crippen molar-refractivity contribution in [3.05, 3.63) is 40.7 Å². The third-order valence-corrected chi connectivity index (χ3v) is 3.55. The number of hydrogen-bond acceptors (Lipinski definition) is 4. The Balaban J connectivity index is 2.15. The Morgan fingerprint density at radius 3 is 2.71 bits per heavy atom. The number of ether oxygens (including phenoxy) is 1. The molecule has 0 aliphatic carbocycles.